The first-order valence-corrected chi connectivity index (χ1v) is 5.78. The largest absolute Gasteiger partial charge is 0.483 e. The van der Waals surface area contributed by atoms with E-state index in [0.717, 1.165) is 5.56 Å². The van der Waals surface area contributed by atoms with E-state index in [2.05, 4.69) is 4.98 Å². The van der Waals surface area contributed by atoms with Crippen LogP contribution in [0.1, 0.15) is 28.9 Å². The normalized spacial score (nSPS) is 11.8. The summed E-state index contributed by atoms with van der Waals surface area (Å²) in [6.45, 7) is 1.83. The van der Waals surface area contributed by atoms with E-state index < -0.39 is 5.97 Å². The summed E-state index contributed by atoms with van der Waals surface area (Å²) in [5.41, 5.74) is 7.05. The molecule has 1 heterocycles. The van der Waals surface area contributed by atoms with Gasteiger partial charge < -0.3 is 15.6 Å². The fourth-order valence-electron chi connectivity index (χ4n) is 1.73. The number of nitrogen functional groups attached to an aromatic ring is 1. The first-order chi connectivity index (χ1) is 9.09. The maximum atomic E-state index is 11.1. The van der Waals surface area contributed by atoms with Crippen LogP contribution in [0.5, 0.6) is 5.75 Å². The Morgan fingerprint density at radius 1 is 1.32 bits per heavy atom. The van der Waals surface area contributed by atoms with E-state index in [-0.39, 0.29) is 17.4 Å². The molecule has 0 saturated heterocycles. The molecule has 0 fully saturated rings. The standard InChI is InChI=1S/C14H14N2O3/c1-9(10-5-7-16-8-6-10)19-13-11(14(17)18)3-2-4-12(13)15/h2-9H,15H2,1H3,(H,17,18). The highest BCUT2D eigenvalue weighted by Crippen LogP contribution is 2.30. The van der Waals surface area contributed by atoms with Gasteiger partial charge in [0.05, 0.1) is 5.69 Å². The van der Waals surface area contributed by atoms with Gasteiger partial charge in [-0.2, -0.15) is 0 Å². The van der Waals surface area contributed by atoms with Crippen LogP contribution in [-0.4, -0.2) is 16.1 Å². The number of rotatable bonds is 4. The number of anilines is 1. The van der Waals surface area contributed by atoms with Gasteiger partial charge in [-0.1, -0.05) is 6.07 Å². The number of hydrogen-bond donors (Lipinski definition) is 2. The van der Waals surface area contributed by atoms with Gasteiger partial charge in [0.25, 0.3) is 0 Å². The molecular formula is C14H14N2O3. The molecule has 5 heteroatoms. The average molecular weight is 258 g/mol. The van der Waals surface area contributed by atoms with Crippen molar-refractivity contribution >= 4 is 11.7 Å². The molecule has 0 aliphatic rings. The SMILES string of the molecule is CC(Oc1c(N)cccc1C(=O)O)c1ccncc1. The number of benzene rings is 1. The van der Waals surface area contributed by atoms with Gasteiger partial charge in [-0.05, 0) is 36.8 Å². The van der Waals surface area contributed by atoms with Crippen LogP contribution in [-0.2, 0) is 0 Å². The molecule has 2 rings (SSSR count). The van der Waals surface area contributed by atoms with Crippen LogP contribution < -0.4 is 10.5 Å². The van der Waals surface area contributed by atoms with Crippen molar-refractivity contribution in [1.82, 2.24) is 4.98 Å². The van der Waals surface area contributed by atoms with Crippen molar-refractivity contribution in [3.8, 4) is 5.75 Å². The molecule has 1 atom stereocenters. The maximum Gasteiger partial charge on any atom is 0.339 e. The van der Waals surface area contributed by atoms with E-state index in [0.29, 0.717) is 5.69 Å². The number of aromatic carboxylic acids is 1. The molecule has 0 bridgehead atoms. The lowest BCUT2D eigenvalue weighted by atomic mass is 10.1. The van der Waals surface area contributed by atoms with Gasteiger partial charge in [0.2, 0.25) is 0 Å². The van der Waals surface area contributed by atoms with E-state index in [1.54, 1.807) is 24.5 Å². The van der Waals surface area contributed by atoms with E-state index in [9.17, 15) is 4.79 Å². The third kappa shape index (κ3) is 2.82. The number of carboxylic acids is 1. The molecule has 1 aromatic heterocycles. The van der Waals surface area contributed by atoms with Gasteiger partial charge in [0, 0.05) is 12.4 Å². The van der Waals surface area contributed by atoms with Crippen LogP contribution in [0.4, 0.5) is 5.69 Å². The predicted molar refractivity (Wildman–Crippen MR) is 71.1 cm³/mol. The van der Waals surface area contributed by atoms with Crippen LogP contribution >= 0.6 is 0 Å². The molecule has 0 radical (unpaired) electrons. The van der Waals surface area contributed by atoms with Crippen molar-refractivity contribution in [3.63, 3.8) is 0 Å². The van der Waals surface area contributed by atoms with E-state index in [1.165, 1.54) is 6.07 Å². The first-order valence-electron chi connectivity index (χ1n) is 5.78. The van der Waals surface area contributed by atoms with Crippen LogP contribution in [0.25, 0.3) is 0 Å². The summed E-state index contributed by atoms with van der Waals surface area (Å²) < 4.78 is 5.69. The Kier molecular flexibility index (Phi) is 3.66. The van der Waals surface area contributed by atoms with E-state index in [1.807, 2.05) is 19.1 Å². The highest BCUT2D eigenvalue weighted by molar-refractivity contribution is 5.93. The molecule has 19 heavy (non-hydrogen) atoms. The lowest BCUT2D eigenvalue weighted by Crippen LogP contribution is -2.09. The van der Waals surface area contributed by atoms with Crippen molar-refractivity contribution in [2.75, 3.05) is 5.73 Å². The fourth-order valence-corrected chi connectivity index (χ4v) is 1.73. The number of ether oxygens (including phenoxy) is 1. The summed E-state index contributed by atoms with van der Waals surface area (Å²) in [5.74, 6) is -0.872. The van der Waals surface area contributed by atoms with Crippen molar-refractivity contribution in [2.45, 2.75) is 13.0 Å². The van der Waals surface area contributed by atoms with Crippen molar-refractivity contribution in [3.05, 3.63) is 53.9 Å². The zero-order chi connectivity index (χ0) is 13.8. The third-order valence-electron chi connectivity index (χ3n) is 2.75. The lowest BCUT2D eigenvalue weighted by molar-refractivity contribution is 0.0690. The second kappa shape index (κ2) is 5.39. The second-order valence-corrected chi connectivity index (χ2v) is 4.07. The average Bonchev–Trinajstić information content (AvgIpc) is 2.41. The van der Waals surface area contributed by atoms with Gasteiger partial charge in [-0.15, -0.1) is 0 Å². The summed E-state index contributed by atoms with van der Waals surface area (Å²) in [7, 11) is 0. The fraction of sp³-hybridized carbons (Fsp3) is 0.143. The van der Waals surface area contributed by atoms with Crippen molar-refractivity contribution in [2.24, 2.45) is 0 Å². The second-order valence-electron chi connectivity index (χ2n) is 4.07. The van der Waals surface area contributed by atoms with Crippen molar-refractivity contribution < 1.29 is 14.6 Å². The zero-order valence-corrected chi connectivity index (χ0v) is 10.4. The topological polar surface area (TPSA) is 85.4 Å². The number of para-hydroxylation sites is 1. The number of carboxylic acid groups (broad SMARTS) is 1. The molecule has 98 valence electrons. The van der Waals surface area contributed by atoms with Gasteiger partial charge in [-0.3, -0.25) is 4.98 Å². The highest BCUT2D eigenvalue weighted by Gasteiger charge is 2.17. The minimum Gasteiger partial charge on any atom is -0.483 e. The molecular weight excluding hydrogens is 244 g/mol. The predicted octanol–water partition coefficient (Wildman–Crippen LogP) is 2.50. The van der Waals surface area contributed by atoms with E-state index in [4.69, 9.17) is 15.6 Å². The summed E-state index contributed by atoms with van der Waals surface area (Å²) in [4.78, 5) is 15.1. The maximum absolute atomic E-state index is 11.1. The summed E-state index contributed by atoms with van der Waals surface area (Å²) >= 11 is 0. The quantitative estimate of drug-likeness (QED) is 0.823. The number of hydrogen-bond acceptors (Lipinski definition) is 4. The molecule has 3 N–H and O–H groups in total. The molecule has 0 aliphatic carbocycles. The molecule has 0 aliphatic heterocycles. The highest BCUT2D eigenvalue weighted by atomic mass is 16.5. The minimum atomic E-state index is -1.07. The van der Waals surface area contributed by atoms with Gasteiger partial charge in [0.1, 0.15) is 11.7 Å². The first kappa shape index (κ1) is 12.9. The minimum absolute atomic E-state index is 0.0564. The zero-order valence-electron chi connectivity index (χ0n) is 10.4. The molecule has 0 amide bonds. The molecule has 1 aromatic carbocycles. The molecule has 0 spiro atoms. The van der Waals surface area contributed by atoms with E-state index >= 15 is 0 Å². The Morgan fingerprint density at radius 2 is 2.00 bits per heavy atom. The Morgan fingerprint density at radius 3 is 2.63 bits per heavy atom. The molecule has 5 nitrogen and oxygen atoms in total. The van der Waals surface area contributed by atoms with Crippen LogP contribution in [0.2, 0.25) is 0 Å². The van der Waals surface area contributed by atoms with Gasteiger partial charge >= 0.3 is 5.97 Å². The molecule has 1 unspecified atom stereocenters. The van der Waals surface area contributed by atoms with Crippen LogP contribution in [0.15, 0.2) is 42.7 Å². The monoisotopic (exact) mass is 258 g/mol. The molecule has 2 aromatic rings. The Hall–Kier alpha value is -2.56. The number of nitrogens with zero attached hydrogens (tertiary/aromatic N) is 1. The number of pyridine rings is 1. The smallest absolute Gasteiger partial charge is 0.339 e. The summed E-state index contributed by atoms with van der Waals surface area (Å²) in [5, 5.41) is 9.13. The number of aromatic nitrogens is 1. The molecule has 0 saturated carbocycles. The van der Waals surface area contributed by atoms with Gasteiger partial charge in [0.15, 0.2) is 5.75 Å². The Labute approximate surface area is 110 Å². The number of carbonyl (C=O) groups is 1. The van der Waals surface area contributed by atoms with Crippen molar-refractivity contribution in [1.29, 1.82) is 0 Å². The lowest BCUT2D eigenvalue weighted by Gasteiger charge is -2.17. The van der Waals surface area contributed by atoms with Crippen LogP contribution in [0, 0.1) is 0 Å². The third-order valence-corrected chi connectivity index (χ3v) is 2.75. The summed E-state index contributed by atoms with van der Waals surface area (Å²) in [6.07, 6.45) is 2.99. The van der Waals surface area contributed by atoms with Crippen LogP contribution in [0.3, 0.4) is 0 Å². The Bertz CT molecular complexity index is 584. The van der Waals surface area contributed by atoms with Gasteiger partial charge in [-0.25, -0.2) is 4.79 Å². The summed E-state index contributed by atoms with van der Waals surface area (Å²) in [6, 6.07) is 8.28. The number of nitrogens with two attached hydrogens (primary N) is 1. The Balaban J connectivity index is 2.31.